The van der Waals surface area contributed by atoms with Crippen LogP contribution in [0.15, 0.2) is 0 Å². The second-order valence-electron chi connectivity index (χ2n) is 5.75. The lowest BCUT2D eigenvalue weighted by atomic mass is 10.1. The van der Waals surface area contributed by atoms with Crippen molar-refractivity contribution in [1.82, 2.24) is 10.6 Å². The van der Waals surface area contributed by atoms with E-state index >= 15 is 0 Å². The minimum atomic E-state index is -0.154. The highest BCUT2D eigenvalue weighted by Crippen LogP contribution is 2.20. The molecule has 4 nitrogen and oxygen atoms in total. The molecule has 17 heavy (non-hydrogen) atoms. The summed E-state index contributed by atoms with van der Waals surface area (Å²) in [5, 5.41) is 6.00. The maximum absolute atomic E-state index is 11.5. The van der Waals surface area contributed by atoms with E-state index in [1.165, 1.54) is 25.7 Å². The van der Waals surface area contributed by atoms with Crippen molar-refractivity contribution in [2.24, 2.45) is 0 Å². The topological polar surface area (TPSA) is 50.4 Å². The third kappa shape index (κ3) is 7.34. The predicted molar refractivity (Wildman–Crippen MR) is 69.0 cm³/mol. The molecule has 1 aliphatic carbocycles. The minimum Gasteiger partial charge on any atom is -0.377 e. The van der Waals surface area contributed by atoms with Crippen molar-refractivity contribution in [2.45, 2.75) is 58.1 Å². The molecule has 1 rings (SSSR count). The van der Waals surface area contributed by atoms with Gasteiger partial charge in [-0.05, 0) is 33.6 Å². The summed E-state index contributed by atoms with van der Waals surface area (Å²) in [6.07, 6.45) is 5.45. The van der Waals surface area contributed by atoms with Crippen molar-refractivity contribution in [3.05, 3.63) is 0 Å². The molecule has 0 saturated heterocycles. The van der Waals surface area contributed by atoms with Gasteiger partial charge in [-0.25, -0.2) is 0 Å². The van der Waals surface area contributed by atoms with Crippen LogP contribution in [0.5, 0.6) is 0 Å². The fourth-order valence-electron chi connectivity index (χ4n) is 2.02. The quantitative estimate of drug-likeness (QED) is 0.693. The van der Waals surface area contributed by atoms with Gasteiger partial charge in [0.1, 0.15) is 0 Å². The Balaban J connectivity index is 1.94. The van der Waals surface area contributed by atoms with E-state index in [-0.39, 0.29) is 11.4 Å². The largest absolute Gasteiger partial charge is 0.377 e. The molecule has 0 bridgehead atoms. The van der Waals surface area contributed by atoms with Crippen LogP contribution in [-0.2, 0) is 9.53 Å². The van der Waals surface area contributed by atoms with Gasteiger partial charge < -0.3 is 15.4 Å². The average Bonchev–Trinajstić information content (AvgIpc) is 2.67. The number of amides is 1. The normalized spacial score (nSPS) is 17.4. The Morgan fingerprint density at radius 2 is 1.94 bits per heavy atom. The first-order valence-corrected chi connectivity index (χ1v) is 6.61. The van der Waals surface area contributed by atoms with Gasteiger partial charge in [0.25, 0.3) is 0 Å². The van der Waals surface area contributed by atoms with Crippen molar-refractivity contribution >= 4 is 5.91 Å². The van der Waals surface area contributed by atoms with E-state index < -0.39 is 0 Å². The Hall–Kier alpha value is -0.610. The Kier molecular flexibility index (Phi) is 5.92. The van der Waals surface area contributed by atoms with Crippen LogP contribution in [0.1, 0.15) is 46.5 Å². The molecule has 100 valence electrons. The van der Waals surface area contributed by atoms with E-state index in [0.29, 0.717) is 19.3 Å². The summed E-state index contributed by atoms with van der Waals surface area (Å²) in [7, 11) is 0. The van der Waals surface area contributed by atoms with Gasteiger partial charge in [0.2, 0.25) is 5.91 Å². The van der Waals surface area contributed by atoms with Gasteiger partial charge in [-0.15, -0.1) is 0 Å². The molecule has 1 aliphatic rings. The van der Waals surface area contributed by atoms with Crippen molar-refractivity contribution in [2.75, 3.05) is 19.7 Å². The summed E-state index contributed by atoms with van der Waals surface area (Å²) < 4.78 is 5.69. The molecular weight excluding hydrogens is 216 g/mol. The lowest BCUT2D eigenvalue weighted by Gasteiger charge is -2.20. The first-order valence-electron chi connectivity index (χ1n) is 6.61. The van der Waals surface area contributed by atoms with Gasteiger partial charge in [0.15, 0.2) is 0 Å². The van der Waals surface area contributed by atoms with Crippen molar-refractivity contribution in [3.63, 3.8) is 0 Å². The van der Waals surface area contributed by atoms with Gasteiger partial charge in [-0.2, -0.15) is 0 Å². The standard InChI is InChI=1S/C13H26N2O2/c1-13(2,3)15-12(16)10-14-8-9-17-11-6-4-5-7-11/h11,14H,4-10H2,1-3H3,(H,15,16). The molecule has 0 spiro atoms. The summed E-state index contributed by atoms with van der Waals surface area (Å²) in [6.45, 7) is 7.75. The lowest BCUT2D eigenvalue weighted by Crippen LogP contribution is -2.45. The first kappa shape index (κ1) is 14.5. The zero-order valence-corrected chi connectivity index (χ0v) is 11.3. The molecule has 0 heterocycles. The second-order valence-corrected chi connectivity index (χ2v) is 5.75. The van der Waals surface area contributed by atoms with Crippen LogP contribution in [0.2, 0.25) is 0 Å². The van der Waals surface area contributed by atoms with Crippen molar-refractivity contribution in [3.8, 4) is 0 Å². The van der Waals surface area contributed by atoms with Crippen LogP contribution in [0, 0.1) is 0 Å². The Labute approximate surface area is 104 Å². The number of hydrogen-bond acceptors (Lipinski definition) is 3. The Bertz CT molecular complexity index is 230. The Morgan fingerprint density at radius 1 is 1.29 bits per heavy atom. The Morgan fingerprint density at radius 3 is 2.53 bits per heavy atom. The molecule has 0 aliphatic heterocycles. The number of hydrogen-bond donors (Lipinski definition) is 2. The van der Waals surface area contributed by atoms with Crippen LogP contribution >= 0.6 is 0 Å². The number of ether oxygens (including phenoxy) is 1. The van der Waals surface area contributed by atoms with Gasteiger partial charge in [0.05, 0.1) is 19.3 Å². The second kappa shape index (κ2) is 6.97. The molecule has 1 amide bonds. The summed E-state index contributed by atoms with van der Waals surface area (Å²) in [4.78, 5) is 11.5. The molecule has 0 aromatic carbocycles. The van der Waals surface area contributed by atoms with Crippen LogP contribution in [0.25, 0.3) is 0 Å². The molecule has 2 N–H and O–H groups in total. The zero-order valence-electron chi connectivity index (χ0n) is 11.3. The number of rotatable bonds is 6. The maximum Gasteiger partial charge on any atom is 0.234 e. The predicted octanol–water partition coefficient (Wildman–Crippen LogP) is 1.45. The zero-order chi connectivity index (χ0) is 12.7. The monoisotopic (exact) mass is 242 g/mol. The molecule has 0 atom stereocenters. The maximum atomic E-state index is 11.5. The van der Waals surface area contributed by atoms with Crippen LogP contribution in [0.4, 0.5) is 0 Å². The van der Waals surface area contributed by atoms with Crippen LogP contribution in [-0.4, -0.2) is 37.2 Å². The third-order valence-electron chi connectivity index (χ3n) is 2.73. The van der Waals surface area contributed by atoms with Crippen molar-refractivity contribution < 1.29 is 9.53 Å². The fraction of sp³-hybridized carbons (Fsp3) is 0.923. The number of carbonyl (C=O) groups excluding carboxylic acids is 1. The van der Waals surface area contributed by atoms with E-state index in [0.717, 1.165) is 6.54 Å². The molecule has 0 radical (unpaired) electrons. The summed E-state index contributed by atoms with van der Waals surface area (Å²) in [5.41, 5.74) is -0.154. The molecule has 1 saturated carbocycles. The van der Waals surface area contributed by atoms with Gasteiger partial charge in [-0.3, -0.25) is 4.79 Å². The number of carbonyl (C=O) groups is 1. The molecule has 0 aromatic rings. The molecule has 4 heteroatoms. The summed E-state index contributed by atoms with van der Waals surface area (Å²) in [5.74, 6) is 0.0402. The fourth-order valence-corrected chi connectivity index (χ4v) is 2.02. The lowest BCUT2D eigenvalue weighted by molar-refractivity contribution is -0.121. The average molecular weight is 242 g/mol. The molecule has 1 fully saturated rings. The van der Waals surface area contributed by atoms with E-state index in [9.17, 15) is 4.79 Å². The van der Waals surface area contributed by atoms with E-state index in [2.05, 4.69) is 10.6 Å². The molecular formula is C13H26N2O2. The van der Waals surface area contributed by atoms with E-state index in [1.54, 1.807) is 0 Å². The minimum absolute atomic E-state index is 0.0402. The number of nitrogens with one attached hydrogen (secondary N) is 2. The highest BCUT2D eigenvalue weighted by molar-refractivity contribution is 5.78. The van der Waals surface area contributed by atoms with Gasteiger partial charge in [-0.1, -0.05) is 12.8 Å². The van der Waals surface area contributed by atoms with Gasteiger partial charge >= 0.3 is 0 Å². The van der Waals surface area contributed by atoms with Crippen LogP contribution in [0.3, 0.4) is 0 Å². The first-order chi connectivity index (χ1) is 7.97. The SMILES string of the molecule is CC(C)(C)NC(=O)CNCCOC1CCCC1. The van der Waals surface area contributed by atoms with Gasteiger partial charge in [0, 0.05) is 12.1 Å². The van der Waals surface area contributed by atoms with Crippen molar-refractivity contribution in [1.29, 1.82) is 0 Å². The van der Waals surface area contributed by atoms with E-state index in [1.807, 2.05) is 20.8 Å². The highest BCUT2D eigenvalue weighted by Gasteiger charge is 2.15. The summed E-state index contributed by atoms with van der Waals surface area (Å²) >= 11 is 0. The summed E-state index contributed by atoms with van der Waals surface area (Å²) in [6, 6.07) is 0. The third-order valence-corrected chi connectivity index (χ3v) is 2.73. The van der Waals surface area contributed by atoms with E-state index in [4.69, 9.17) is 4.74 Å². The van der Waals surface area contributed by atoms with Crippen LogP contribution < -0.4 is 10.6 Å². The smallest absolute Gasteiger partial charge is 0.234 e. The highest BCUT2D eigenvalue weighted by atomic mass is 16.5. The molecule has 0 aromatic heterocycles. The molecule has 0 unspecified atom stereocenters.